The first kappa shape index (κ1) is 40.0. The fourth-order valence-electron chi connectivity index (χ4n) is 9.62. The summed E-state index contributed by atoms with van der Waals surface area (Å²) in [7, 11) is 0. The van der Waals surface area contributed by atoms with Gasteiger partial charge >= 0.3 is 0 Å². The molecule has 9 aromatic rings. The number of aromatic nitrogens is 2. The van der Waals surface area contributed by atoms with Crippen LogP contribution in [-0.4, -0.2) is 9.55 Å². The Morgan fingerprint density at radius 2 is 1.21 bits per heavy atom. The molecule has 0 N–H and O–H groups in total. The van der Waals surface area contributed by atoms with Crippen LogP contribution in [0.25, 0.3) is 49.9 Å². The van der Waals surface area contributed by atoms with Crippen LogP contribution in [0.1, 0.15) is 52.7 Å². The van der Waals surface area contributed by atoms with E-state index >= 15 is 0 Å². The second kappa shape index (κ2) is 14.5. The number of hydrogen-bond acceptors (Lipinski definition) is 2. The molecule has 5 nitrogen and oxygen atoms in total. The van der Waals surface area contributed by atoms with Crippen LogP contribution in [0.15, 0.2) is 170 Å². The first-order valence-corrected chi connectivity index (χ1v) is 21.2. The summed E-state index contributed by atoms with van der Waals surface area (Å²) in [5.41, 5.74) is 13.8. The molecule has 0 aliphatic carbocycles. The molecule has 0 amide bonds. The Kier molecular flexibility index (Phi) is 9.35. The summed E-state index contributed by atoms with van der Waals surface area (Å²) in [5.74, 6) is 2.10. The number of benzene rings is 7. The van der Waals surface area contributed by atoms with Crippen molar-refractivity contribution in [1.82, 2.24) is 18.7 Å². The molecule has 1 fully saturated rings. The number of nitrogens with zero attached hydrogens (tertiary/aromatic N) is 4. The van der Waals surface area contributed by atoms with Crippen LogP contribution in [0.4, 0.5) is 22.7 Å². The number of ether oxygens (including phenoxy) is 1. The van der Waals surface area contributed by atoms with Crippen molar-refractivity contribution in [1.29, 1.82) is 0 Å². The van der Waals surface area contributed by atoms with E-state index in [-0.39, 0.29) is 31.9 Å². The van der Waals surface area contributed by atoms with Crippen LogP contribution >= 0.6 is 0 Å². The molecule has 0 spiro atoms. The Balaban J connectivity index is 0.00000458. The third-order valence-electron chi connectivity index (χ3n) is 12.6. The molecule has 1 unspecified atom stereocenters. The van der Waals surface area contributed by atoms with E-state index in [4.69, 9.17) is 9.72 Å². The molecule has 11 rings (SSSR count). The second-order valence-electron chi connectivity index (χ2n) is 18.5. The number of fused-ring (bicyclic) bond motifs is 7. The molecular formula is C56H47N4OPt-. The fourth-order valence-corrected chi connectivity index (χ4v) is 9.62. The molecule has 2 aliphatic rings. The Hall–Kier alpha value is -6.10. The Labute approximate surface area is 378 Å². The molecule has 308 valence electrons. The monoisotopic (exact) mass is 986 g/mol. The molecule has 0 radical (unpaired) electrons. The summed E-state index contributed by atoms with van der Waals surface area (Å²) < 4.78 is 10.2. The molecule has 6 heteroatoms. The van der Waals surface area contributed by atoms with Crippen molar-refractivity contribution in [2.24, 2.45) is 0 Å². The van der Waals surface area contributed by atoms with E-state index in [1.807, 2.05) is 12.3 Å². The first-order chi connectivity index (χ1) is 29.5. The van der Waals surface area contributed by atoms with E-state index in [2.05, 4.69) is 223 Å². The minimum absolute atomic E-state index is 0. The molecule has 4 heterocycles. The molecule has 0 bridgehead atoms. The number of hydrogen-bond donors (Lipinski definition) is 0. The van der Waals surface area contributed by atoms with E-state index < -0.39 is 0 Å². The molecule has 2 atom stereocenters. The quantitative estimate of drug-likeness (QED) is 0.0904. The van der Waals surface area contributed by atoms with Gasteiger partial charge in [-0.15, -0.1) is 29.1 Å². The van der Waals surface area contributed by atoms with Gasteiger partial charge in [-0.05, 0) is 56.7 Å². The third kappa shape index (κ3) is 6.05. The van der Waals surface area contributed by atoms with E-state index in [0.29, 0.717) is 20.7 Å². The topological polar surface area (TPSA) is 27.1 Å². The zero-order valence-electron chi connectivity index (χ0n) is 35.8. The summed E-state index contributed by atoms with van der Waals surface area (Å²) in [6, 6.07) is 66.1. The largest absolute Gasteiger partial charge is 0.509 e. The van der Waals surface area contributed by atoms with Crippen molar-refractivity contribution >= 4 is 44.6 Å². The van der Waals surface area contributed by atoms with E-state index in [1.165, 1.54) is 39.3 Å². The molecule has 7 aromatic carbocycles. The van der Waals surface area contributed by atoms with Gasteiger partial charge in [0.05, 0.1) is 5.69 Å². The standard InChI is InChI=1S/C56H47N4O.Pt/c1-55(2,3)41-30-31-57-53(34-41)58-48-24-14-13-22-45(48)46-29-28-43(36-49(46)58)61-44-33-40(38-18-9-7-10-19-38)32-42(35-44)59-37-60(59,51-26-16-15-25-50(51)59)52-27-17-23-47(56(4,5)6)54(52)39-20-11-8-12-21-39;/h7-34,37H,1-6H3;/q-1;/t59?,60-;/m1./s1. The maximum Gasteiger partial charge on any atom is 0.225 e. The molecule has 2 aromatic heterocycles. The van der Waals surface area contributed by atoms with Gasteiger partial charge < -0.3 is 9.30 Å². The molecule has 2 aliphatic heterocycles. The SMILES string of the molecule is CC(C)(C)c1ccnc(-n2c3[c-]c(Oc4[c-]c([N+]56[CH-][N@+]5(c5cccc(C(C)(C)C)c5-c5ccccc5)c5ccccc56)cc(-c5ccccc5)c4)ccc3c3ccccc32)c1.[Pt]. The van der Waals surface area contributed by atoms with Gasteiger partial charge in [0, 0.05) is 68.0 Å². The minimum Gasteiger partial charge on any atom is -0.509 e. The third-order valence-corrected chi connectivity index (χ3v) is 12.6. The van der Waals surface area contributed by atoms with Crippen molar-refractivity contribution < 1.29 is 25.8 Å². The summed E-state index contributed by atoms with van der Waals surface area (Å²) in [5, 5.41) is 2.24. The van der Waals surface area contributed by atoms with E-state index in [9.17, 15) is 0 Å². The molecular weight excluding hydrogens is 940 g/mol. The van der Waals surface area contributed by atoms with Crippen molar-refractivity contribution in [2.45, 2.75) is 52.4 Å². The Morgan fingerprint density at radius 3 is 1.94 bits per heavy atom. The Morgan fingerprint density at radius 1 is 0.548 bits per heavy atom. The van der Waals surface area contributed by atoms with Crippen LogP contribution in [0.5, 0.6) is 11.5 Å². The van der Waals surface area contributed by atoms with Crippen LogP contribution in [0.2, 0.25) is 0 Å². The Bertz CT molecular complexity index is 3180. The van der Waals surface area contributed by atoms with Gasteiger partial charge in [0.1, 0.15) is 5.82 Å². The van der Waals surface area contributed by atoms with Gasteiger partial charge in [0.15, 0.2) is 12.4 Å². The summed E-state index contributed by atoms with van der Waals surface area (Å²) in [4.78, 5) is 4.90. The van der Waals surface area contributed by atoms with Gasteiger partial charge in [0.2, 0.25) is 11.4 Å². The predicted molar refractivity (Wildman–Crippen MR) is 251 cm³/mol. The van der Waals surface area contributed by atoms with Crippen LogP contribution < -0.4 is 13.9 Å². The molecule has 62 heavy (non-hydrogen) atoms. The number of rotatable bonds is 7. The number of quaternary nitrogens is 2. The van der Waals surface area contributed by atoms with Crippen LogP contribution in [0.3, 0.4) is 0 Å². The van der Waals surface area contributed by atoms with Gasteiger partial charge in [-0.3, -0.25) is 0 Å². The zero-order valence-corrected chi connectivity index (χ0v) is 38.0. The smallest absolute Gasteiger partial charge is 0.225 e. The van der Waals surface area contributed by atoms with Crippen LogP contribution in [0, 0.1) is 18.8 Å². The summed E-state index contributed by atoms with van der Waals surface area (Å²) in [6.07, 6.45) is 1.91. The van der Waals surface area contributed by atoms with Crippen LogP contribution in [-0.2, 0) is 31.9 Å². The van der Waals surface area contributed by atoms with Crippen molar-refractivity contribution in [3.05, 3.63) is 200 Å². The zero-order chi connectivity index (χ0) is 41.7. The molecule has 0 saturated carbocycles. The number of para-hydroxylation sites is 3. The van der Waals surface area contributed by atoms with Crippen molar-refractivity contribution in [2.75, 3.05) is 0 Å². The fraction of sp³-hybridized carbons (Fsp3) is 0.143. The first-order valence-electron chi connectivity index (χ1n) is 21.2. The van der Waals surface area contributed by atoms with Gasteiger partial charge in [0.25, 0.3) is 0 Å². The molecule has 1 saturated heterocycles. The summed E-state index contributed by atoms with van der Waals surface area (Å²) >= 11 is 0. The maximum atomic E-state index is 6.94. The minimum atomic E-state index is -0.0787. The second-order valence-corrected chi connectivity index (χ2v) is 18.5. The average Bonchev–Trinajstić information content (AvgIpc) is 3.76. The van der Waals surface area contributed by atoms with Crippen molar-refractivity contribution in [3.8, 4) is 39.6 Å². The van der Waals surface area contributed by atoms with Gasteiger partial charge in [-0.1, -0.05) is 162 Å². The van der Waals surface area contributed by atoms with E-state index in [0.717, 1.165) is 44.4 Å². The van der Waals surface area contributed by atoms with E-state index in [1.54, 1.807) is 0 Å². The van der Waals surface area contributed by atoms with Gasteiger partial charge in [-0.25, -0.2) is 9.58 Å². The number of pyridine rings is 1. The average molecular weight is 987 g/mol. The predicted octanol–water partition coefficient (Wildman–Crippen LogP) is 14.8. The summed E-state index contributed by atoms with van der Waals surface area (Å²) in [6.45, 7) is 16.1. The van der Waals surface area contributed by atoms with Gasteiger partial charge in [-0.2, -0.15) is 10.7 Å². The van der Waals surface area contributed by atoms with Crippen molar-refractivity contribution in [3.63, 3.8) is 0 Å². The maximum absolute atomic E-state index is 6.94. The normalized spacial score (nSPS) is 17.8.